The van der Waals surface area contributed by atoms with Crippen LogP contribution < -0.4 is 0 Å². The summed E-state index contributed by atoms with van der Waals surface area (Å²) in [6, 6.07) is 0. The van der Waals surface area contributed by atoms with Gasteiger partial charge in [0.25, 0.3) is 5.78 Å². The van der Waals surface area contributed by atoms with Crippen LogP contribution in [-0.4, -0.2) is 35.8 Å². The summed E-state index contributed by atoms with van der Waals surface area (Å²) >= 11 is 0. The van der Waals surface area contributed by atoms with E-state index in [1.54, 1.807) is 0 Å². The van der Waals surface area contributed by atoms with Crippen molar-refractivity contribution in [2.45, 2.75) is 30.6 Å². The van der Waals surface area contributed by atoms with E-state index >= 15 is 0 Å². The van der Waals surface area contributed by atoms with Crippen molar-refractivity contribution in [2.24, 2.45) is 0 Å². The molecule has 0 aromatic heterocycles. The van der Waals surface area contributed by atoms with E-state index in [4.69, 9.17) is 0 Å². The van der Waals surface area contributed by atoms with Crippen LogP contribution in [0.3, 0.4) is 0 Å². The van der Waals surface area contributed by atoms with Crippen molar-refractivity contribution in [1.82, 2.24) is 0 Å². The predicted molar refractivity (Wildman–Crippen MR) is 36.6 cm³/mol. The zero-order chi connectivity index (χ0) is 15.9. The number of carbonyl (C=O) groups is 2. The molecule has 0 aliphatic heterocycles. The van der Waals surface area contributed by atoms with Gasteiger partial charge in [0.15, 0.2) is 0 Å². The third kappa shape index (κ3) is 3.56. The zero-order valence-corrected chi connectivity index (χ0v) is 8.30. The third-order valence-electron chi connectivity index (χ3n) is 1.69. The Morgan fingerprint density at radius 2 is 1.05 bits per heavy atom. The minimum Gasteiger partial charge on any atom is -0.290 e. The fraction of sp³-hybridized carbons (Fsp3) is 0.714. The van der Waals surface area contributed by atoms with Crippen molar-refractivity contribution >= 4 is 11.6 Å². The van der Waals surface area contributed by atoms with Gasteiger partial charge in [-0.25, -0.2) is 0 Å². The van der Waals surface area contributed by atoms with E-state index in [-0.39, 0.29) is 0 Å². The summed E-state index contributed by atoms with van der Waals surface area (Å²) in [5.74, 6) is -19.1. The molecule has 112 valence electrons. The Kier molecular flexibility index (Phi) is 4.30. The second-order valence-corrected chi connectivity index (χ2v) is 3.20. The molecule has 0 spiro atoms. The monoisotopic (exact) mass is 308 g/mol. The summed E-state index contributed by atoms with van der Waals surface area (Å²) in [5.41, 5.74) is 0. The van der Waals surface area contributed by atoms with Crippen molar-refractivity contribution < 1.29 is 53.5 Å². The molecule has 0 rings (SSSR count). The summed E-state index contributed by atoms with van der Waals surface area (Å²) in [4.78, 5) is 20.7. The van der Waals surface area contributed by atoms with Crippen LogP contribution >= 0.6 is 0 Å². The van der Waals surface area contributed by atoms with Crippen LogP contribution in [0.25, 0.3) is 0 Å². The van der Waals surface area contributed by atoms with Gasteiger partial charge in [-0.15, -0.1) is 0 Å². The standard InChI is InChI=1S/C7H2F10O2/c8-4(9,6(12,13)14)1-2(18)3(19)5(10,11)7(15,16)17/h1H2. The second-order valence-electron chi connectivity index (χ2n) is 3.20. The van der Waals surface area contributed by atoms with E-state index < -0.39 is 42.2 Å². The molecule has 19 heavy (non-hydrogen) atoms. The Bertz CT molecular complexity index is 376. The fourth-order valence-electron chi connectivity index (χ4n) is 0.686. The number of hydrogen-bond donors (Lipinski definition) is 0. The fourth-order valence-corrected chi connectivity index (χ4v) is 0.686. The average Bonchev–Trinajstić information content (AvgIpc) is 2.11. The highest BCUT2D eigenvalue weighted by Crippen LogP contribution is 2.40. The lowest BCUT2D eigenvalue weighted by Crippen LogP contribution is -2.49. The molecule has 0 heterocycles. The highest BCUT2D eigenvalue weighted by atomic mass is 19.4. The number of halogens is 10. The molecule has 0 amide bonds. The number of hydrogen-bond acceptors (Lipinski definition) is 2. The van der Waals surface area contributed by atoms with Crippen LogP contribution in [0, 0.1) is 0 Å². The minimum atomic E-state index is -6.58. The summed E-state index contributed by atoms with van der Waals surface area (Å²) in [6.45, 7) is 0. The molecule has 0 aromatic carbocycles. The van der Waals surface area contributed by atoms with E-state index in [9.17, 15) is 53.5 Å². The average molecular weight is 308 g/mol. The Balaban J connectivity index is 5.14. The molecule has 0 bridgehead atoms. The number of rotatable bonds is 4. The Morgan fingerprint density at radius 1 is 0.684 bits per heavy atom. The van der Waals surface area contributed by atoms with E-state index in [0.29, 0.717) is 0 Å². The second kappa shape index (κ2) is 4.63. The molecular weight excluding hydrogens is 306 g/mol. The van der Waals surface area contributed by atoms with Gasteiger partial charge in [-0.1, -0.05) is 0 Å². The number of alkyl halides is 10. The molecule has 12 heteroatoms. The number of ketones is 2. The van der Waals surface area contributed by atoms with Crippen molar-refractivity contribution in [3.05, 3.63) is 0 Å². The summed E-state index contributed by atoms with van der Waals surface area (Å²) < 4.78 is 118. The van der Waals surface area contributed by atoms with Gasteiger partial charge in [-0.2, -0.15) is 43.9 Å². The molecule has 0 radical (unpaired) electrons. The van der Waals surface area contributed by atoms with Crippen LogP contribution in [-0.2, 0) is 9.59 Å². The Morgan fingerprint density at radius 3 is 1.32 bits per heavy atom. The molecule has 0 aliphatic rings. The molecule has 0 aliphatic carbocycles. The van der Waals surface area contributed by atoms with Gasteiger partial charge in [0.05, 0.1) is 6.42 Å². The lowest BCUT2D eigenvalue weighted by atomic mass is 10.0. The van der Waals surface area contributed by atoms with Crippen molar-refractivity contribution in [3.63, 3.8) is 0 Å². The first-order chi connectivity index (χ1) is 8.04. The summed E-state index contributed by atoms with van der Waals surface area (Å²) in [7, 11) is 0. The van der Waals surface area contributed by atoms with Gasteiger partial charge in [0.1, 0.15) is 0 Å². The molecule has 2 nitrogen and oxygen atoms in total. The first kappa shape index (κ1) is 17.6. The largest absolute Gasteiger partial charge is 0.461 e. The molecule has 0 atom stereocenters. The third-order valence-corrected chi connectivity index (χ3v) is 1.69. The normalized spacial score (nSPS) is 14.4. The highest BCUT2D eigenvalue weighted by Gasteiger charge is 2.67. The first-order valence-corrected chi connectivity index (χ1v) is 4.01. The molecule has 0 saturated heterocycles. The Labute approximate surface area is 96.9 Å². The smallest absolute Gasteiger partial charge is 0.290 e. The van der Waals surface area contributed by atoms with Gasteiger partial charge in [-0.05, 0) is 0 Å². The van der Waals surface area contributed by atoms with Crippen molar-refractivity contribution in [2.75, 3.05) is 0 Å². The van der Waals surface area contributed by atoms with Crippen LogP contribution in [0.4, 0.5) is 43.9 Å². The molecule has 0 aromatic rings. The first-order valence-electron chi connectivity index (χ1n) is 4.01. The maximum absolute atomic E-state index is 12.2. The van der Waals surface area contributed by atoms with Gasteiger partial charge >= 0.3 is 24.2 Å². The lowest BCUT2D eigenvalue weighted by Gasteiger charge is -2.20. The summed E-state index contributed by atoms with van der Waals surface area (Å²) in [6.07, 6.45) is -16.1. The SMILES string of the molecule is O=C(CC(F)(F)C(F)(F)F)C(=O)C(F)(F)C(F)(F)F. The maximum Gasteiger partial charge on any atom is 0.461 e. The van der Waals surface area contributed by atoms with E-state index in [1.807, 2.05) is 0 Å². The van der Waals surface area contributed by atoms with E-state index in [2.05, 4.69) is 0 Å². The van der Waals surface area contributed by atoms with Crippen molar-refractivity contribution in [3.8, 4) is 0 Å². The maximum atomic E-state index is 12.2. The van der Waals surface area contributed by atoms with Crippen molar-refractivity contribution in [1.29, 1.82) is 0 Å². The van der Waals surface area contributed by atoms with Crippen LogP contribution in [0.5, 0.6) is 0 Å². The van der Waals surface area contributed by atoms with Gasteiger partial charge in [-0.3, -0.25) is 9.59 Å². The van der Waals surface area contributed by atoms with E-state index in [1.165, 1.54) is 0 Å². The van der Waals surface area contributed by atoms with Crippen LogP contribution in [0.15, 0.2) is 0 Å². The molecule has 0 saturated carbocycles. The van der Waals surface area contributed by atoms with Gasteiger partial charge in [0, 0.05) is 0 Å². The number of carbonyl (C=O) groups excluding carboxylic acids is 2. The van der Waals surface area contributed by atoms with Crippen LogP contribution in [0.2, 0.25) is 0 Å². The van der Waals surface area contributed by atoms with Crippen LogP contribution in [0.1, 0.15) is 6.42 Å². The van der Waals surface area contributed by atoms with E-state index in [0.717, 1.165) is 0 Å². The summed E-state index contributed by atoms with van der Waals surface area (Å²) in [5, 5.41) is 0. The van der Waals surface area contributed by atoms with Gasteiger partial charge < -0.3 is 0 Å². The van der Waals surface area contributed by atoms with Gasteiger partial charge in [0.2, 0.25) is 5.78 Å². The minimum absolute atomic E-state index is 3.12. The molecule has 0 N–H and O–H groups in total. The lowest BCUT2D eigenvalue weighted by molar-refractivity contribution is -0.283. The zero-order valence-electron chi connectivity index (χ0n) is 8.30. The highest BCUT2D eigenvalue weighted by molar-refractivity contribution is 6.40. The topological polar surface area (TPSA) is 34.1 Å². The molecular formula is C7H2F10O2. The number of Topliss-reactive ketones (excluding diaryl/α,β-unsaturated/α-hetero) is 2. The predicted octanol–water partition coefficient (Wildman–Crippen LogP) is 2.91. The Hall–Kier alpha value is -1.36. The molecule has 0 fully saturated rings. The molecule has 0 unspecified atom stereocenters. The quantitative estimate of drug-likeness (QED) is 0.591.